The summed E-state index contributed by atoms with van der Waals surface area (Å²) in [6.07, 6.45) is 2.07. The standard InChI is InChI=1S/C26H29N3O6S/c1-5-26(2,3)28-24(32)22(19-8-6-14-35-19)29(18-12-10-17(11-13-18)25(33)34-4)21(30)16-27-23(31)20-9-7-15-36-20/h6-15,22H,5,16H2,1-4H3,(H,27,31)(H,28,32). The molecule has 3 aromatic rings. The molecule has 3 amide bonds. The van der Waals surface area contributed by atoms with Crippen LogP contribution in [-0.2, 0) is 14.3 Å². The first-order chi connectivity index (χ1) is 17.2. The van der Waals surface area contributed by atoms with Gasteiger partial charge in [-0.05, 0) is 68.1 Å². The number of nitrogens with one attached hydrogen (secondary N) is 2. The van der Waals surface area contributed by atoms with Crippen molar-refractivity contribution >= 4 is 40.7 Å². The van der Waals surface area contributed by atoms with E-state index in [9.17, 15) is 19.2 Å². The van der Waals surface area contributed by atoms with Crippen molar-refractivity contribution in [3.05, 3.63) is 76.4 Å². The molecule has 0 aliphatic heterocycles. The zero-order chi connectivity index (χ0) is 26.3. The lowest BCUT2D eigenvalue weighted by atomic mass is 10.0. The van der Waals surface area contributed by atoms with E-state index in [0.717, 1.165) is 0 Å². The maximum Gasteiger partial charge on any atom is 0.337 e. The van der Waals surface area contributed by atoms with Crippen LogP contribution >= 0.6 is 11.3 Å². The third-order valence-electron chi connectivity index (χ3n) is 5.65. The van der Waals surface area contributed by atoms with Crippen molar-refractivity contribution in [2.75, 3.05) is 18.6 Å². The summed E-state index contributed by atoms with van der Waals surface area (Å²) in [4.78, 5) is 53.2. The monoisotopic (exact) mass is 511 g/mol. The second kappa shape index (κ2) is 11.7. The fraction of sp³-hybridized carbons (Fsp3) is 0.308. The summed E-state index contributed by atoms with van der Waals surface area (Å²) in [5.41, 5.74) is 0.0772. The van der Waals surface area contributed by atoms with Crippen LogP contribution in [0.3, 0.4) is 0 Å². The van der Waals surface area contributed by atoms with Gasteiger partial charge in [0, 0.05) is 11.2 Å². The molecule has 3 rings (SSSR count). The van der Waals surface area contributed by atoms with Crippen LogP contribution < -0.4 is 15.5 Å². The first kappa shape index (κ1) is 26.7. The number of carbonyl (C=O) groups excluding carboxylic acids is 4. The number of furan rings is 1. The number of hydrogen-bond donors (Lipinski definition) is 2. The lowest BCUT2D eigenvalue weighted by Crippen LogP contribution is -2.52. The van der Waals surface area contributed by atoms with E-state index in [4.69, 9.17) is 9.15 Å². The molecule has 10 heteroatoms. The van der Waals surface area contributed by atoms with Gasteiger partial charge in [-0.1, -0.05) is 13.0 Å². The zero-order valence-electron chi connectivity index (χ0n) is 20.6. The SMILES string of the molecule is CCC(C)(C)NC(=O)C(c1ccco1)N(C(=O)CNC(=O)c1cccs1)c1ccc(C(=O)OC)cc1. The van der Waals surface area contributed by atoms with Gasteiger partial charge in [-0.25, -0.2) is 4.79 Å². The molecule has 1 atom stereocenters. The van der Waals surface area contributed by atoms with E-state index in [1.165, 1.54) is 41.7 Å². The minimum atomic E-state index is -1.17. The quantitative estimate of drug-likeness (QED) is 0.398. The molecule has 0 bridgehead atoms. The van der Waals surface area contributed by atoms with Gasteiger partial charge in [-0.2, -0.15) is 0 Å². The largest absolute Gasteiger partial charge is 0.467 e. The maximum atomic E-state index is 13.6. The van der Waals surface area contributed by atoms with E-state index in [2.05, 4.69) is 10.6 Å². The Morgan fingerprint density at radius 1 is 1.08 bits per heavy atom. The van der Waals surface area contributed by atoms with Crippen LogP contribution in [0.4, 0.5) is 5.69 Å². The molecule has 9 nitrogen and oxygen atoms in total. The van der Waals surface area contributed by atoms with Gasteiger partial charge >= 0.3 is 5.97 Å². The molecule has 0 spiro atoms. The minimum absolute atomic E-state index is 0.245. The average molecular weight is 512 g/mol. The summed E-state index contributed by atoms with van der Waals surface area (Å²) >= 11 is 1.25. The Hall–Kier alpha value is -3.92. The Morgan fingerprint density at radius 2 is 1.81 bits per heavy atom. The van der Waals surface area contributed by atoms with Crippen molar-refractivity contribution in [2.45, 2.75) is 38.8 Å². The summed E-state index contributed by atoms with van der Waals surface area (Å²) in [6.45, 7) is 5.33. The van der Waals surface area contributed by atoms with E-state index in [1.807, 2.05) is 20.8 Å². The van der Waals surface area contributed by atoms with Crippen molar-refractivity contribution in [3.8, 4) is 0 Å². The summed E-state index contributed by atoms with van der Waals surface area (Å²) in [5.74, 6) is -1.68. The minimum Gasteiger partial charge on any atom is -0.467 e. The lowest BCUT2D eigenvalue weighted by Gasteiger charge is -2.33. The molecule has 36 heavy (non-hydrogen) atoms. The number of ether oxygens (including phenoxy) is 1. The number of carbonyl (C=O) groups is 4. The van der Waals surface area contributed by atoms with Gasteiger partial charge in [0.15, 0.2) is 6.04 Å². The van der Waals surface area contributed by atoms with Crippen LogP contribution in [0.5, 0.6) is 0 Å². The molecule has 0 aliphatic rings. The van der Waals surface area contributed by atoms with Gasteiger partial charge in [0.1, 0.15) is 5.76 Å². The summed E-state index contributed by atoms with van der Waals surface area (Å²) in [5, 5.41) is 7.35. The van der Waals surface area contributed by atoms with Gasteiger partial charge in [-0.15, -0.1) is 11.3 Å². The first-order valence-electron chi connectivity index (χ1n) is 11.3. The molecular weight excluding hydrogens is 482 g/mol. The molecule has 2 aromatic heterocycles. The Morgan fingerprint density at radius 3 is 2.36 bits per heavy atom. The molecule has 190 valence electrons. The van der Waals surface area contributed by atoms with Crippen LogP contribution in [0, 0.1) is 0 Å². The molecule has 2 heterocycles. The summed E-state index contributed by atoms with van der Waals surface area (Å²) < 4.78 is 10.3. The molecule has 1 aromatic carbocycles. The highest BCUT2D eigenvalue weighted by molar-refractivity contribution is 7.12. The third-order valence-corrected chi connectivity index (χ3v) is 6.51. The number of hydrogen-bond acceptors (Lipinski definition) is 7. The number of rotatable bonds is 10. The second-order valence-electron chi connectivity index (χ2n) is 8.61. The lowest BCUT2D eigenvalue weighted by molar-refractivity contribution is -0.128. The second-order valence-corrected chi connectivity index (χ2v) is 9.55. The zero-order valence-corrected chi connectivity index (χ0v) is 21.4. The fourth-order valence-corrected chi connectivity index (χ4v) is 4.00. The average Bonchev–Trinajstić information content (AvgIpc) is 3.60. The molecular formula is C26H29N3O6S. The van der Waals surface area contributed by atoms with Crippen molar-refractivity contribution in [3.63, 3.8) is 0 Å². The van der Waals surface area contributed by atoms with Gasteiger partial charge in [0.2, 0.25) is 5.91 Å². The van der Waals surface area contributed by atoms with E-state index in [1.54, 1.807) is 41.8 Å². The van der Waals surface area contributed by atoms with E-state index in [-0.39, 0.29) is 17.9 Å². The van der Waals surface area contributed by atoms with Crippen molar-refractivity contribution in [1.29, 1.82) is 0 Å². The fourth-order valence-electron chi connectivity index (χ4n) is 3.36. The predicted octanol–water partition coefficient (Wildman–Crippen LogP) is 3.94. The molecule has 0 aliphatic carbocycles. The third kappa shape index (κ3) is 6.39. The molecule has 1 unspecified atom stereocenters. The van der Waals surface area contributed by atoms with Crippen LogP contribution in [-0.4, -0.2) is 42.9 Å². The Balaban J connectivity index is 1.99. The van der Waals surface area contributed by atoms with Gasteiger partial charge in [0.25, 0.3) is 11.8 Å². The summed E-state index contributed by atoms with van der Waals surface area (Å²) in [7, 11) is 1.27. The summed E-state index contributed by atoms with van der Waals surface area (Å²) in [6, 6.07) is 11.5. The molecule has 0 fully saturated rings. The van der Waals surface area contributed by atoms with Crippen LogP contribution in [0.1, 0.15) is 59.0 Å². The smallest absolute Gasteiger partial charge is 0.337 e. The molecule has 0 radical (unpaired) electrons. The van der Waals surface area contributed by atoms with E-state index >= 15 is 0 Å². The van der Waals surface area contributed by atoms with Gasteiger partial charge in [-0.3, -0.25) is 19.3 Å². The topological polar surface area (TPSA) is 118 Å². The predicted molar refractivity (Wildman–Crippen MR) is 136 cm³/mol. The Kier molecular flexibility index (Phi) is 8.65. The van der Waals surface area contributed by atoms with E-state index in [0.29, 0.717) is 17.0 Å². The molecule has 0 saturated carbocycles. The highest BCUT2D eigenvalue weighted by Gasteiger charge is 2.37. The van der Waals surface area contributed by atoms with Crippen molar-refractivity contribution < 1.29 is 28.3 Å². The van der Waals surface area contributed by atoms with E-state index < -0.39 is 35.3 Å². The van der Waals surface area contributed by atoms with Crippen LogP contribution in [0.2, 0.25) is 0 Å². The van der Waals surface area contributed by atoms with Crippen LogP contribution in [0.15, 0.2) is 64.6 Å². The first-order valence-corrected chi connectivity index (χ1v) is 12.2. The van der Waals surface area contributed by atoms with Gasteiger partial charge in [0.05, 0.1) is 30.4 Å². The molecule has 0 saturated heterocycles. The van der Waals surface area contributed by atoms with Crippen LogP contribution in [0.25, 0.3) is 0 Å². The highest BCUT2D eigenvalue weighted by atomic mass is 32.1. The van der Waals surface area contributed by atoms with Crippen molar-refractivity contribution in [2.24, 2.45) is 0 Å². The Bertz CT molecular complexity index is 1190. The number of thiophene rings is 1. The number of amides is 3. The van der Waals surface area contributed by atoms with Gasteiger partial charge < -0.3 is 19.8 Å². The van der Waals surface area contributed by atoms with Crippen molar-refractivity contribution in [1.82, 2.24) is 10.6 Å². The number of benzene rings is 1. The highest BCUT2D eigenvalue weighted by Crippen LogP contribution is 2.30. The molecule has 2 N–H and O–H groups in total. The normalized spacial score (nSPS) is 11.9. The Labute approximate surface area is 213 Å². The number of anilines is 1. The maximum absolute atomic E-state index is 13.6. The number of methoxy groups -OCH3 is 1. The number of esters is 1. The number of nitrogens with zero attached hydrogens (tertiary/aromatic N) is 1.